The minimum atomic E-state index is -0.977. The van der Waals surface area contributed by atoms with Gasteiger partial charge in [-0.25, -0.2) is 4.79 Å². The van der Waals surface area contributed by atoms with Gasteiger partial charge in [0, 0.05) is 5.56 Å². The molecule has 134 valence electrons. The zero-order chi connectivity index (χ0) is 18.9. The van der Waals surface area contributed by atoms with Crippen molar-refractivity contribution in [3.05, 3.63) is 71.7 Å². The summed E-state index contributed by atoms with van der Waals surface area (Å²) >= 11 is 0. The third kappa shape index (κ3) is 3.47. The van der Waals surface area contributed by atoms with Crippen LogP contribution in [0, 0.1) is 5.41 Å². The quantitative estimate of drug-likeness (QED) is 0.833. The van der Waals surface area contributed by atoms with Gasteiger partial charge in [0.2, 0.25) is 0 Å². The smallest absolute Gasteiger partial charge is 0.379 e. The first kappa shape index (κ1) is 17.7. The maximum atomic E-state index is 12.0. The van der Waals surface area contributed by atoms with Crippen molar-refractivity contribution in [3.63, 3.8) is 0 Å². The van der Waals surface area contributed by atoms with Gasteiger partial charge >= 0.3 is 11.9 Å². The SMILES string of the molecule is CC(C)(C)C(=O)OC1=C(O)[C@H](c2ccc(-c3ccccc3)cc2)OC1=O. The average Bonchev–Trinajstić information content (AvgIpc) is 2.90. The van der Waals surface area contributed by atoms with Crippen LogP contribution in [-0.4, -0.2) is 17.0 Å². The van der Waals surface area contributed by atoms with E-state index in [1.165, 1.54) is 0 Å². The van der Waals surface area contributed by atoms with Crippen LogP contribution in [0.1, 0.15) is 32.4 Å². The number of benzene rings is 2. The number of aliphatic hydroxyl groups excluding tert-OH is 1. The Morgan fingerprint density at radius 2 is 1.58 bits per heavy atom. The van der Waals surface area contributed by atoms with Crippen LogP contribution in [0.3, 0.4) is 0 Å². The van der Waals surface area contributed by atoms with E-state index in [0.29, 0.717) is 5.56 Å². The highest BCUT2D eigenvalue weighted by Gasteiger charge is 2.40. The molecule has 26 heavy (non-hydrogen) atoms. The highest BCUT2D eigenvalue weighted by Crippen LogP contribution is 2.35. The number of carbonyl (C=O) groups excluding carboxylic acids is 2. The lowest BCUT2D eigenvalue weighted by Crippen LogP contribution is -2.24. The second-order valence-corrected chi connectivity index (χ2v) is 7.13. The molecular weight excluding hydrogens is 332 g/mol. The van der Waals surface area contributed by atoms with E-state index in [1.54, 1.807) is 32.9 Å². The van der Waals surface area contributed by atoms with Crippen LogP contribution in [0.5, 0.6) is 0 Å². The number of esters is 2. The van der Waals surface area contributed by atoms with E-state index < -0.39 is 29.2 Å². The van der Waals surface area contributed by atoms with Gasteiger partial charge in [0.05, 0.1) is 5.41 Å². The molecule has 0 radical (unpaired) electrons. The summed E-state index contributed by atoms with van der Waals surface area (Å²) < 4.78 is 10.3. The summed E-state index contributed by atoms with van der Waals surface area (Å²) in [7, 11) is 0. The van der Waals surface area contributed by atoms with Crippen LogP contribution < -0.4 is 0 Å². The lowest BCUT2D eigenvalue weighted by molar-refractivity contribution is -0.155. The lowest BCUT2D eigenvalue weighted by atomic mass is 9.97. The molecule has 5 heteroatoms. The van der Waals surface area contributed by atoms with E-state index in [9.17, 15) is 14.7 Å². The molecule has 1 aliphatic heterocycles. The molecule has 2 aromatic carbocycles. The lowest BCUT2D eigenvalue weighted by Gasteiger charge is -2.15. The zero-order valence-electron chi connectivity index (χ0n) is 14.9. The van der Waals surface area contributed by atoms with Crippen molar-refractivity contribution in [2.24, 2.45) is 5.41 Å². The Morgan fingerprint density at radius 1 is 1.00 bits per heavy atom. The summed E-state index contributed by atoms with van der Waals surface area (Å²) in [5.41, 5.74) is 1.85. The van der Waals surface area contributed by atoms with Crippen LogP contribution in [0.2, 0.25) is 0 Å². The average molecular weight is 352 g/mol. The molecule has 0 amide bonds. The van der Waals surface area contributed by atoms with Crippen LogP contribution in [-0.2, 0) is 19.1 Å². The van der Waals surface area contributed by atoms with E-state index in [4.69, 9.17) is 9.47 Å². The summed E-state index contributed by atoms with van der Waals surface area (Å²) in [6, 6.07) is 17.1. The first-order valence-electron chi connectivity index (χ1n) is 8.29. The Bertz CT molecular complexity index is 858. The largest absolute Gasteiger partial charge is 0.505 e. The topological polar surface area (TPSA) is 72.8 Å². The molecule has 1 heterocycles. The molecule has 1 N–H and O–H groups in total. The predicted molar refractivity (Wildman–Crippen MR) is 95.9 cm³/mol. The molecule has 0 fully saturated rings. The minimum absolute atomic E-state index is 0.389. The normalized spacial score (nSPS) is 17.2. The third-order valence-electron chi connectivity index (χ3n) is 4.02. The number of carbonyl (C=O) groups is 2. The Labute approximate surface area is 151 Å². The molecule has 1 aliphatic rings. The fourth-order valence-electron chi connectivity index (χ4n) is 2.49. The maximum Gasteiger partial charge on any atom is 0.379 e. The fourth-order valence-corrected chi connectivity index (χ4v) is 2.49. The Balaban J connectivity index is 1.84. The Kier molecular flexibility index (Phi) is 4.55. The van der Waals surface area contributed by atoms with Gasteiger partial charge in [0.1, 0.15) is 0 Å². The predicted octanol–water partition coefficient (Wildman–Crippen LogP) is 4.31. The van der Waals surface area contributed by atoms with Gasteiger partial charge in [-0.15, -0.1) is 0 Å². The van der Waals surface area contributed by atoms with E-state index >= 15 is 0 Å². The van der Waals surface area contributed by atoms with Crippen LogP contribution in [0.15, 0.2) is 66.1 Å². The molecule has 1 atom stereocenters. The maximum absolute atomic E-state index is 12.0. The van der Waals surface area contributed by atoms with Crippen molar-refractivity contribution in [2.75, 3.05) is 0 Å². The summed E-state index contributed by atoms with van der Waals surface area (Å²) in [6.45, 7) is 4.98. The number of aliphatic hydroxyl groups is 1. The van der Waals surface area contributed by atoms with Crippen molar-refractivity contribution >= 4 is 11.9 Å². The number of rotatable bonds is 3. The number of hydrogen-bond acceptors (Lipinski definition) is 5. The summed E-state index contributed by atoms with van der Waals surface area (Å²) in [5, 5.41) is 10.3. The van der Waals surface area contributed by atoms with E-state index in [-0.39, 0.29) is 5.76 Å². The second-order valence-electron chi connectivity index (χ2n) is 7.13. The van der Waals surface area contributed by atoms with Crippen LogP contribution in [0.25, 0.3) is 11.1 Å². The molecule has 5 nitrogen and oxygen atoms in total. The summed E-state index contributed by atoms with van der Waals surface area (Å²) in [4.78, 5) is 24.0. The second kappa shape index (κ2) is 6.67. The molecule has 0 spiro atoms. The summed E-state index contributed by atoms with van der Waals surface area (Å²) in [6.07, 6.45) is -0.977. The summed E-state index contributed by atoms with van der Waals surface area (Å²) in [5.74, 6) is -2.30. The number of hydrogen-bond donors (Lipinski definition) is 1. The first-order chi connectivity index (χ1) is 12.3. The van der Waals surface area contributed by atoms with Gasteiger partial charge in [-0.3, -0.25) is 4.79 Å². The van der Waals surface area contributed by atoms with Gasteiger partial charge < -0.3 is 14.6 Å². The van der Waals surface area contributed by atoms with Gasteiger partial charge in [-0.1, -0.05) is 54.6 Å². The minimum Gasteiger partial charge on any atom is -0.505 e. The van der Waals surface area contributed by atoms with Crippen LogP contribution >= 0.6 is 0 Å². The van der Waals surface area contributed by atoms with Gasteiger partial charge in [0.15, 0.2) is 11.9 Å². The van der Waals surface area contributed by atoms with Gasteiger partial charge in [-0.05, 0) is 31.9 Å². The molecule has 0 unspecified atom stereocenters. The number of cyclic esters (lactones) is 1. The van der Waals surface area contributed by atoms with Crippen molar-refractivity contribution in [2.45, 2.75) is 26.9 Å². The van der Waals surface area contributed by atoms with Gasteiger partial charge in [0.25, 0.3) is 5.76 Å². The molecule has 0 aromatic heterocycles. The third-order valence-corrected chi connectivity index (χ3v) is 4.02. The van der Waals surface area contributed by atoms with Crippen LogP contribution in [0.4, 0.5) is 0 Å². The highest BCUT2D eigenvalue weighted by molar-refractivity contribution is 5.93. The van der Waals surface area contributed by atoms with Crippen molar-refractivity contribution < 1.29 is 24.2 Å². The van der Waals surface area contributed by atoms with Crippen molar-refractivity contribution in [3.8, 4) is 11.1 Å². The number of ether oxygens (including phenoxy) is 2. The molecule has 3 rings (SSSR count). The molecule has 0 saturated carbocycles. The molecule has 2 aromatic rings. The van der Waals surface area contributed by atoms with Gasteiger partial charge in [-0.2, -0.15) is 0 Å². The Morgan fingerprint density at radius 3 is 2.15 bits per heavy atom. The Hall–Kier alpha value is -3.08. The fraction of sp³-hybridized carbons (Fsp3) is 0.238. The highest BCUT2D eigenvalue weighted by atomic mass is 16.6. The van der Waals surface area contributed by atoms with E-state index in [0.717, 1.165) is 11.1 Å². The van der Waals surface area contributed by atoms with E-state index in [2.05, 4.69) is 0 Å². The molecule has 0 aliphatic carbocycles. The van der Waals surface area contributed by atoms with E-state index in [1.807, 2.05) is 42.5 Å². The zero-order valence-corrected chi connectivity index (χ0v) is 14.9. The standard InChI is InChI=1S/C21H20O5/c1-21(2,3)20(24)26-18-16(22)17(25-19(18)23)15-11-9-14(10-12-15)13-7-5-4-6-8-13/h4-12,17,22H,1-3H3/t17-/m0/s1. The molecule has 0 bridgehead atoms. The monoisotopic (exact) mass is 352 g/mol. The van der Waals surface area contributed by atoms with Crippen molar-refractivity contribution in [1.29, 1.82) is 0 Å². The molecular formula is C21H20O5. The molecule has 0 saturated heterocycles. The van der Waals surface area contributed by atoms with Crippen molar-refractivity contribution in [1.82, 2.24) is 0 Å². The first-order valence-corrected chi connectivity index (χ1v) is 8.29.